The Bertz CT molecular complexity index is 613. The molecule has 0 amide bonds. The van der Waals surface area contributed by atoms with E-state index in [0.717, 1.165) is 29.6 Å². The first-order valence-corrected chi connectivity index (χ1v) is 6.70. The average molecular weight is 253 g/mol. The number of nitriles is 1. The van der Waals surface area contributed by atoms with Crippen molar-refractivity contribution in [3.8, 4) is 6.07 Å². The monoisotopic (exact) mass is 253 g/mol. The van der Waals surface area contributed by atoms with E-state index < -0.39 is 0 Å². The summed E-state index contributed by atoms with van der Waals surface area (Å²) in [5.74, 6) is 0.871. The number of nitrogens with zero attached hydrogens (tertiary/aromatic N) is 3. The SMILES string of the molecule is CCCC(C)N(C)c1cc(C#N)c2ccccc2n1. The van der Waals surface area contributed by atoms with Crippen LogP contribution in [0.4, 0.5) is 5.82 Å². The lowest BCUT2D eigenvalue weighted by atomic mass is 10.1. The Balaban J connectivity index is 2.48. The molecule has 0 fully saturated rings. The maximum atomic E-state index is 9.29. The molecule has 1 unspecified atom stereocenters. The lowest BCUT2D eigenvalue weighted by molar-refractivity contribution is 0.612. The van der Waals surface area contributed by atoms with E-state index in [1.54, 1.807) is 0 Å². The minimum Gasteiger partial charge on any atom is -0.357 e. The van der Waals surface area contributed by atoms with Crippen LogP contribution in [-0.4, -0.2) is 18.1 Å². The first-order valence-electron chi connectivity index (χ1n) is 6.70. The van der Waals surface area contributed by atoms with Gasteiger partial charge in [0.2, 0.25) is 0 Å². The van der Waals surface area contributed by atoms with Crippen LogP contribution >= 0.6 is 0 Å². The molecule has 0 saturated carbocycles. The highest BCUT2D eigenvalue weighted by Crippen LogP contribution is 2.23. The minimum atomic E-state index is 0.421. The second-order valence-electron chi connectivity index (χ2n) is 4.91. The third kappa shape index (κ3) is 2.68. The van der Waals surface area contributed by atoms with Crippen molar-refractivity contribution in [2.75, 3.05) is 11.9 Å². The van der Waals surface area contributed by atoms with E-state index in [4.69, 9.17) is 0 Å². The van der Waals surface area contributed by atoms with E-state index in [9.17, 15) is 5.26 Å². The van der Waals surface area contributed by atoms with E-state index in [2.05, 4.69) is 29.8 Å². The van der Waals surface area contributed by atoms with E-state index >= 15 is 0 Å². The molecule has 0 N–H and O–H groups in total. The van der Waals surface area contributed by atoms with Gasteiger partial charge in [-0.15, -0.1) is 0 Å². The lowest BCUT2D eigenvalue weighted by Crippen LogP contribution is -2.29. The number of fused-ring (bicyclic) bond motifs is 1. The van der Waals surface area contributed by atoms with Gasteiger partial charge in [0.15, 0.2) is 0 Å². The van der Waals surface area contributed by atoms with Gasteiger partial charge in [0.1, 0.15) is 5.82 Å². The molecule has 1 aromatic carbocycles. The Morgan fingerprint density at radius 2 is 2.11 bits per heavy atom. The summed E-state index contributed by atoms with van der Waals surface area (Å²) in [6.07, 6.45) is 2.26. The van der Waals surface area contributed by atoms with Crippen LogP contribution in [0.1, 0.15) is 32.3 Å². The van der Waals surface area contributed by atoms with Crippen molar-refractivity contribution < 1.29 is 0 Å². The van der Waals surface area contributed by atoms with Gasteiger partial charge in [-0.05, 0) is 25.5 Å². The van der Waals surface area contributed by atoms with Crippen molar-refractivity contribution in [1.29, 1.82) is 5.26 Å². The number of hydrogen-bond acceptors (Lipinski definition) is 3. The van der Waals surface area contributed by atoms with Gasteiger partial charge in [-0.1, -0.05) is 31.5 Å². The van der Waals surface area contributed by atoms with Crippen LogP contribution in [0.25, 0.3) is 10.9 Å². The van der Waals surface area contributed by atoms with Gasteiger partial charge in [0, 0.05) is 18.5 Å². The normalized spacial score (nSPS) is 12.1. The van der Waals surface area contributed by atoms with Crippen molar-refractivity contribution in [2.45, 2.75) is 32.7 Å². The fourth-order valence-electron chi connectivity index (χ4n) is 2.27. The van der Waals surface area contributed by atoms with Crippen molar-refractivity contribution in [1.82, 2.24) is 4.98 Å². The maximum Gasteiger partial charge on any atom is 0.130 e. The second kappa shape index (κ2) is 5.71. The van der Waals surface area contributed by atoms with E-state index in [1.165, 1.54) is 0 Å². The summed E-state index contributed by atoms with van der Waals surface area (Å²) in [7, 11) is 2.04. The van der Waals surface area contributed by atoms with E-state index in [1.807, 2.05) is 37.4 Å². The predicted molar refractivity (Wildman–Crippen MR) is 79.2 cm³/mol. The van der Waals surface area contributed by atoms with Crippen LogP contribution in [0, 0.1) is 11.3 Å². The Hall–Kier alpha value is -2.08. The zero-order valence-corrected chi connectivity index (χ0v) is 11.7. The molecule has 0 saturated heterocycles. The highest BCUT2D eigenvalue weighted by Gasteiger charge is 2.13. The summed E-state index contributed by atoms with van der Waals surface area (Å²) in [6, 6.07) is 12.4. The van der Waals surface area contributed by atoms with Crippen molar-refractivity contribution in [3.63, 3.8) is 0 Å². The molecule has 0 bridgehead atoms. The van der Waals surface area contributed by atoms with Gasteiger partial charge < -0.3 is 4.90 Å². The number of anilines is 1. The number of pyridine rings is 1. The molecule has 19 heavy (non-hydrogen) atoms. The van der Waals surface area contributed by atoms with Crippen LogP contribution in [0.3, 0.4) is 0 Å². The summed E-state index contributed by atoms with van der Waals surface area (Å²) < 4.78 is 0. The van der Waals surface area contributed by atoms with Crippen molar-refractivity contribution in [3.05, 3.63) is 35.9 Å². The molecule has 0 spiro atoms. The summed E-state index contributed by atoms with van der Waals surface area (Å²) in [4.78, 5) is 6.81. The zero-order chi connectivity index (χ0) is 13.8. The topological polar surface area (TPSA) is 39.9 Å². The fraction of sp³-hybridized carbons (Fsp3) is 0.375. The lowest BCUT2D eigenvalue weighted by Gasteiger charge is -2.26. The molecular formula is C16H19N3. The van der Waals surface area contributed by atoms with Crippen LogP contribution in [-0.2, 0) is 0 Å². The molecule has 3 heteroatoms. The predicted octanol–water partition coefficient (Wildman–Crippen LogP) is 3.73. The van der Waals surface area contributed by atoms with Gasteiger partial charge in [-0.25, -0.2) is 4.98 Å². The van der Waals surface area contributed by atoms with Gasteiger partial charge in [-0.2, -0.15) is 5.26 Å². The standard InChI is InChI=1S/C16H19N3/c1-4-7-12(2)19(3)16-10-13(11-17)14-8-5-6-9-15(14)18-16/h5-6,8-10,12H,4,7H2,1-3H3. The molecule has 1 heterocycles. The zero-order valence-electron chi connectivity index (χ0n) is 11.7. The van der Waals surface area contributed by atoms with Crippen LogP contribution in [0.15, 0.2) is 30.3 Å². The molecule has 0 aliphatic carbocycles. The van der Waals surface area contributed by atoms with Crippen molar-refractivity contribution in [2.24, 2.45) is 0 Å². The molecule has 3 nitrogen and oxygen atoms in total. The highest BCUT2D eigenvalue weighted by molar-refractivity contribution is 5.86. The maximum absolute atomic E-state index is 9.29. The third-order valence-electron chi connectivity index (χ3n) is 3.55. The number of rotatable bonds is 4. The largest absolute Gasteiger partial charge is 0.357 e. The highest BCUT2D eigenvalue weighted by atomic mass is 15.2. The molecule has 2 aromatic rings. The molecule has 98 valence electrons. The molecule has 2 rings (SSSR count). The van der Waals surface area contributed by atoms with Gasteiger partial charge in [-0.3, -0.25) is 0 Å². The van der Waals surface area contributed by atoms with Crippen molar-refractivity contribution >= 4 is 16.7 Å². The Kier molecular flexibility index (Phi) is 4.01. The Morgan fingerprint density at radius 3 is 2.79 bits per heavy atom. The molecular weight excluding hydrogens is 234 g/mol. The molecule has 1 aromatic heterocycles. The number of benzene rings is 1. The summed E-state index contributed by atoms with van der Waals surface area (Å²) in [6.45, 7) is 4.37. The second-order valence-corrected chi connectivity index (χ2v) is 4.91. The van der Waals surface area contributed by atoms with Gasteiger partial charge >= 0.3 is 0 Å². The summed E-state index contributed by atoms with van der Waals surface area (Å²) >= 11 is 0. The van der Waals surface area contributed by atoms with E-state index in [-0.39, 0.29) is 0 Å². The smallest absolute Gasteiger partial charge is 0.130 e. The summed E-state index contributed by atoms with van der Waals surface area (Å²) in [5.41, 5.74) is 1.57. The fourth-order valence-corrected chi connectivity index (χ4v) is 2.27. The van der Waals surface area contributed by atoms with Crippen LogP contribution < -0.4 is 4.90 Å². The first kappa shape index (κ1) is 13.4. The number of aromatic nitrogens is 1. The molecule has 0 aliphatic rings. The van der Waals surface area contributed by atoms with Crippen LogP contribution in [0.5, 0.6) is 0 Å². The van der Waals surface area contributed by atoms with E-state index in [0.29, 0.717) is 11.6 Å². The molecule has 1 atom stereocenters. The number of hydrogen-bond donors (Lipinski definition) is 0. The molecule has 0 radical (unpaired) electrons. The Labute approximate surface area is 114 Å². The third-order valence-corrected chi connectivity index (χ3v) is 3.55. The number of para-hydroxylation sites is 1. The Morgan fingerprint density at radius 1 is 1.37 bits per heavy atom. The summed E-state index contributed by atoms with van der Waals surface area (Å²) in [5, 5.41) is 10.2. The average Bonchev–Trinajstić information content (AvgIpc) is 2.45. The minimum absolute atomic E-state index is 0.421. The van der Waals surface area contributed by atoms with Gasteiger partial charge in [0.05, 0.1) is 17.1 Å². The quantitative estimate of drug-likeness (QED) is 0.833. The first-order chi connectivity index (χ1) is 9.17. The van der Waals surface area contributed by atoms with Gasteiger partial charge in [0.25, 0.3) is 0 Å². The molecule has 0 aliphatic heterocycles. The van der Waals surface area contributed by atoms with Crippen LogP contribution in [0.2, 0.25) is 0 Å².